The normalized spacial score (nSPS) is 14.6. The van der Waals surface area contributed by atoms with E-state index in [1.54, 1.807) is 7.05 Å². The molecule has 1 aliphatic carbocycles. The van der Waals surface area contributed by atoms with Gasteiger partial charge in [-0.1, -0.05) is 55.0 Å². The van der Waals surface area contributed by atoms with Crippen molar-refractivity contribution in [2.75, 3.05) is 11.9 Å². The molecule has 0 unspecified atom stereocenters. The number of ketones is 1. The first kappa shape index (κ1) is 25.7. The fraction of sp³-hybridized carbons (Fsp3) is 0.393. The summed E-state index contributed by atoms with van der Waals surface area (Å²) in [4.78, 5) is 28.2. The van der Waals surface area contributed by atoms with Gasteiger partial charge in [0.25, 0.3) is 0 Å². The Bertz CT molecular complexity index is 1190. The van der Waals surface area contributed by atoms with Crippen molar-refractivity contribution < 1.29 is 22.8 Å². The van der Waals surface area contributed by atoms with Crippen molar-refractivity contribution in [3.63, 3.8) is 0 Å². The van der Waals surface area contributed by atoms with Crippen molar-refractivity contribution in [1.82, 2.24) is 9.78 Å². The second kappa shape index (κ2) is 11.1. The standard InChI is InChI=1S/C28H30F3N3O2/c1-33(22-13-7-3-8-14-22)27(36)21(17-20-11-5-2-6-12-20)18-23(35)19-34-25-16-10-4-9-15-24(25)26(32-34)28(29,30)31/h2-3,5-8,11-14,21H,4,9-10,15-19H2,1H3/t21-/m1/s1. The lowest BCUT2D eigenvalue weighted by molar-refractivity contribution is -0.142. The summed E-state index contributed by atoms with van der Waals surface area (Å²) in [6, 6.07) is 18.6. The Morgan fingerprint density at radius 3 is 2.28 bits per heavy atom. The molecule has 1 aliphatic rings. The van der Waals surface area contributed by atoms with Crippen molar-refractivity contribution >= 4 is 17.4 Å². The zero-order chi connectivity index (χ0) is 25.7. The summed E-state index contributed by atoms with van der Waals surface area (Å²) in [6.07, 6.45) is -1.22. The predicted molar refractivity (Wildman–Crippen MR) is 132 cm³/mol. The van der Waals surface area contributed by atoms with Gasteiger partial charge in [0.2, 0.25) is 5.91 Å². The van der Waals surface area contributed by atoms with Gasteiger partial charge in [0.1, 0.15) is 0 Å². The highest BCUT2D eigenvalue weighted by Crippen LogP contribution is 2.35. The number of carbonyl (C=O) groups excluding carboxylic acids is 2. The van der Waals surface area contributed by atoms with Crippen LogP contribution in [0.15, 0.2) is 60.7 Å². The highest BCUT2D eigenvalue weighted by molar-refractivity contribution is 5.97. The molecule has 0 saturated heterocycles. The van der Waals surface area contributed by atoms with E-state index >= 15 is 0 Å². The Balaban J connectivity index is 1.57. The van der Waals surface area contributed by atoms with Gasteiger partial charge in [-0.05, 0) is 49.8 Å². The molecule has 1 amide bonds. The van der Waals surface area contributed by atoms with E-state index in [4.69, 9.17) is 0 Å². The van der Waals surface area contributed by atoms with Crippen LogP contribution in [0.1, 0.15) is 48.2 Å². The number of nitrogens with zero attached hydrogens (tertiary/aromatic N) is 3. The second-order valence-electron chi connectivity index (χ2n) is 9.35. The summed E-state index contributed by atoms with van der Waals surface area (Å²) in [5.41, 5.74) is 1.46. The smallest absolute Gasteiger partial charge is 0.315 e. The molecule has 2 aromatic carbocycles. The number of hydrogen-bond donors (Lipinski definition) is 0. The van der Waals surface area contributed by atoms with Crippen LogP contribution in [0.2, 0.25) is 0 Å². The molecule has 190 valence electrons. The molecule has 0 fully saturated rings. The van der Waals surface area contributed by atoms with Crippen LogP contribution in [0.25, 0.3) is 0 Å². The van der Waals surface area contributed by atoms with Crippen LogP contribution in [-0.4, -0.2) is 28.5 Å². The number of para-hydroxylation sites is 1. The Labute approximate surface area is 208 Å². The average molecular weight is 498 g/mol. The van der Waals surface area contributed by atoms with Crippen LogP contribution in [0, 0.1) is 5.92 Å². The Morgan fingerprint density at radius 2 is 1.61 bits per heavy atom. The second-order valence-corrected chi connectivity index (χ2v) is 9.35. The maximum Gasteiger partial charge on any atom is 0.435 e. The first-order chi connectivity index (χ1) is 17.2. The van der Waals surface area contributed by atoms with Crippen LogP contribution in [0.4, 0.5) is 18.9 Å². The number of anilines is 1. The maximum absolute atomic E-state index is 13.7. The first-order valence-corrected chi connectivity index (χ1v) is 12.3. The monoisotopic (exact) mass is 497 g/mol. The topological polar surface area (TPSA) is 55.2 Å². The molecule has 36 heavy (non-hydrogen) atoms. The summed E-state index contributed by atoms with van der Waals surface area (Å²) in [6.45, 7) is -0.272. The van der Waals surface area contributed by atoms with E-state index in [1.807, 2.05) is 60.7 Å². The minimum absolute atomic E-state index is 0.0825. The number of hydrogen-bond acceptors (Lipinski definition) is 3. The minimum Gasteiger partial charge on any atom is -0.315 e. The zero-order valence-corrected chi connectivity index (χ0v) is 20.3. The lowest BCUT2D eigenvalue weighted by Gasteiger charge is -2.24. The Hall–Kier alpha value is -3.42. The molecule has 4 rings (SSSR count). The summed E-state index contributed by atoms with van der Waals surface area (Å²) < 4.78 is 42.2. The molecule has 0 bridgehead atoms. The molecule has 5 nitrogen and oxygen atoms in total. The van der Waals surface area contributed by atoms with Gasteiger partial charge in [0.15, 0.2) is 11.5 Å². The van der Waals surface area contributed by atoms with Crippen LogP contribution < -0.4 is 4.90 Å². The van der Waals surface area contributed by atoms with Gasteiger partial charge in [-0.25, -0.2) is 0 Å². The number of alkyl halides is 3. The molecule has 1 heterocycles. The predicted octanol–water partition coefficient (Wildman–Crippen LogP) is 5.65. The fourth-order valence-electron chi connectivity index (χ4n) is 4.91. The molecule has 0 saturated carbocycles. The van der Waals surface area contributed by atoms with Gasteiger partial charge in [-0.15, -0.1) is 0 Å². The summed E-state index contributed by atoms with van der Waals surface area (Å²) in [7, 11) is 1.67. The third-order valence-corrected chi connectivity index (χ3v) is 6.72. The average Bonchev–Trinajstić information content (AvgIpc) is 3.04. The molecule has 1 aromatic heterocycles. The fourth-order valence-corrected chi connectivity index (χ4v) is 4.91. The SMILES string of the molecule is CN(C(=O)[C@@H](CC(=O)Cn1nc(C(F)(F)F)c2c1CCCCC2)Cc1ccccc1)c1ccccc1. The van der Waals surface area contributed by atoms with E-state index in [9.17, 15) is 22.8 Å². The number of Topliss-reactive ketones (excluding diaryl/α,β-unsaturated/α-hetero) is 1. The van der Waals surface area contributed by atoms with Crippen molar-refractivity contribution in [2.24, 2.45) is 5.92 Å². The van der Waals surface area contributed by atoms with E-state index in [1.165, 1.54) is 9.58 Å². The molecule has 0 aliphatic heterocycles. The first-order valence-electron chi connectivity index (χ1n) is 12.3. The van der Waals surface area contributed by atoms with Gasteiger partial charge in [-0.2, -0.15) is 18.3 Å². The van der Waals surface area contributed by atoms with Crippen LogP contribution >= 0.6 is 0 Å². The zero-order valence-electron chi connectivity index (χ0n) is 20.3. The molecule has 0 spiro atoms. The summed E-state index contributed by atoms with van der Waals surface area (Å²) in [5.74, 6) is -1.18. The quantitative estimate of drug-likeness (QED) is 0.378. The van der Waals surface area contributed by atoms with Gasteiger partial charge < -0.3 is 4.90 Å². The molecule has 0 N–H and O–H groups in total. The van der Waals surface area contributed by atoms with Gasteiger partial charge in [0, 0.05) is 36.3 Å². The van der Waals surface area contributed by atoms with E-state index in [0.717, 1.165) is 18.4 Å². The van der Waals surface area contributed by atoms with Crippen molar-refractivity contribution in [3.05, 3.63) is 83.2 Å². The largest absolute Gasteiger partial charge is 0.435 e. The lowest BCUT2D eigenvalue weighted by Crippen LogP contribution is -2.35. The third-order valence-electron chi connectivity index (χ3n) is 6.72. The lowest BCUT2D eigenvalue weighted by atomic mass is 9.92. The number of amides is 1. The number of carbonyl (C=O) groups is 2. The number of rotatable bonds is 8. The van der Waals surface area contributed by atoms with Gasteiger partial charge >= 0.3 is 6.18 Å². The van der Waals surface area contributed by atoms with E-state index in [2.05, 4.69) is 5.10 Å². The summed E-state index contributed by atoms with van der Waals surface area (Å²) >= 11 is 0. The Morgan fingerprint density at radius 1 is 0.972 bits per heavy atom. The van der Waals surface area contributed by atoms with Gasteiger partial charge in [0.05, 0.1) is 6.54 Å². The van der Waals surface area contributed by atoms with Crippen LogP contribution in [0.3, 0.4) is 0 Å². The highest BCUT2D eigenvalue weighted by atomic mass is 19.4. The number of fused-ring (bicyclic) bond motifs is 1. The van der Waals surface area contributed by atoms with Crippen molar-refractivity contribution in [3.8, 4) is 0 Å². The van der Waals surface area contributed by atoms with E-state index < -0.39 is 17.8 Å². The van der Waals surface area contributed by atoms with E-state index in [-0.39, 0.29) is 30.2 Å². The molecule has 8 heteroatoms. The highest BCUT2D eigenvalue weighted by Gasteiger charge is 2.39. The molecule has 0 radical (unpaired) electrons. The van der Waals surface area contributed by atoms with Crippen molar-refractivity contribution in [1.29, 1.82) is 0 Å². The number of aromatic nitrogens is 2. The maximum atomic E-state index is 13.7. The van der Waals surface area contributed by atoms with Crippen LogP contribution in [-0.2, 0) is 41.6 Å². The number of benzene rings is 2. The Kier molecular flexibility index (Phi) is 7.91. The summed E-state index contributed by atoms with van der Waals surface area (Å²) in [5, 5.41) is 3.84. The van der Waals surface area contributed by atoms with Gasteiger partial charge in [-0.3, -0.25) is 14.3 Å². The number of halogens is 3. The molecule has 3 aromatic rings. The molecular formula is C28H30F3N3O2. The minimum atomic E-state index is -4.56. The van der Waals surface area contributed by atoms with E-state index in [0.29, 0.717) is 37.1 Å². The molecule has 1 atom stereocenters. The van der Waals surface area contributed by atoms with Crippen molar-refractivity contribution in [2.45, 2.75) is 57.7 Å². The third kappa shape index (κ3) is 6.04. The van der Waals surface area contributed by atoms with Crippen LogP contribution in [0.5, 0.6) is 0 Å². The molecular weight excluding hydrogens is 467 g/mol.